The Labute approximate surface area is 153 Å². The normalized spacial score (nSPS) is 33.3. The van der Waals surface area contributed by atoms with Crippen molar-refractivity contribution in [2.45, 2.75) is 51.5 Å². The van der Waals surface area contributed by atoms with Gasteiger partial charge >= 0.3 is 0 Å². The molecule has 6 rings (SSSR count). The van der Waals surface area contributed by atoms with Gasteiger partial charge in [0.25, 0.3) is 5.69 Å². The number of nitrogens with zero attached hydrogens (tertiary/aromatic N) is 2. The smallest absolute Gasteiger partial charge is 0.278 e. The molecule has 1 aromatic carbocycles. The van der Waals surface area contributed by atoms with E-state index in [9.17, 15) is 10.1 Å². The molecular weight excluding hydrogens is 326 g/mol. The fourth-order valence-electron chi connectivity index (χ4n) is 6.55. The first-order chi connectivity index (χ1) is 12.5. The fraction of sp³-hybridized carbons (Fsp3) is 0.571. The maximum Gasteiger partial charge on any atom is 0.278 e. The van der Waals surface area contributed by atoms with Crippen LogP contribution in [0.3, 0.4) is 0 Å². The number of nitrogens with one attached hydrogen (secondary N) is 1. The highest BCUT2D eigenvalue weighted by atomic mass is 16.6. The molecule has 0 aliphatic heterocycles. The summed E-state index contributed by atoms with van der Waals surface area (Å²) >= 11 is 0. The monoisotopic (exact) mass is 351 g/mol. The van der Waals surface area contributed by atoms with E-state index >= 15 is 0 Å². The number of anilines is 1. The molecule has 0 saturated heterocycles. The van der Waals surface area contributed by atoms with Gasteiger partial charge in [-0.2, -0.15) is 0 Å². The molecule has 4 bridgehead atoms. The largest absolute Gasteiger partial charge is 0.382 e. The van der Waals surface area contributed by atoms with Crippen LogP contribution < -0.4 is 5.32 Å². The molecular formula is C21H25N3O2. The Morgan fingerprint density at radius 2 is 1.77 bits per heavy atom. The van der Waals surface area contributed by atoms with E-state index in [0.717, 1.165) is 28.8 Å². The number of nitro groups is 1. The first-order valence-electron chi connectivity index (χ1n) is 9.82. The van der Waals surface area contributed by atoms with Crippen LogP contribution in [-0.4, -0.2) is 15.9 Å². The highest BCUT2D eigenvalue weighted by Crippen LogP contribution is 2.61. The van der Waals surface area contributed by atoms with Gasteiger partial charge in [-0.3, -0.25) is 15.1 Å². The lowest BCUT2D eigenvalue weighted by Crippen LogP contribution is -2.52. The van der Waals surface area contributed by atoms with Crippen molar-refractivity contribution >= 4 is 22.1 Å². The number of aromatic nitrogens is 1. The molecule has 4 saturated carbocycles. The highest BCUT2D eigenvalue weighted by molar-refractivity contribution is 5.99. The van der Waals surface area contributed by atoms with Crippen LogP contribution in [0.25, 0.3) is 10.8 Å². The number of nitro benzene ring substituents is 1. The van der Waals surface area contributed by atoms with Crippen molar-refractivity contribution in [3.63, 3.8) is 0 Å². The van der Waals surface area contributed by atoms with Gasteiger partial charge in [0.2, 0.25) is 0 Å². The minimum atomic E-state index is -0.323. The van der Waals surface area contributed by atoms with Gasteiger partial charge in [0.1, 0.15) is 0 Å². The molecule has 1 aromatic heterocycles. The van der Waals surface area contributed by atoms with E-state index in [1.165, 1.54) is 38.5 Å². The van der Waals surface area contributed by atoms with Crippen LogP contribution in [0.4, 0.5) is 11.4 Å². The van der Waals surface area contributed by atoms with Crippen LogP contribution in [0.1, 0.15) is 45.4 Å². The predicted octanol–water partition coefficient (Wildman–Crippen LogP) is 5.16. The highest BCUT2D eigenvalue weighted by Gasteiger charge is 2.53. The minimum Gasteiger partial charge on any atom is -0.382 e. The standard InChI is InChI=1S/C21H25N3O2/c1-13(21-9-14-6-15(10-21)8-16(7-14)11-21)23-19-2-3-20(24(25)26)18-12-22-5-4-17(18)19/h2-5,12-16,23H,6-11H2,1H3/t13-,14?,15?,16?,21?/m1/s1. The molecule has 5 heteroatoms. The topological polar surface area (TPSA) is 68.1 Å². The molecule has 4 aliphatic carbocycles. The van der Waals surface area contributed by atoms with Gasteiger partial charge < -0.3 is 5.32 Å². The fourth-order valence-corrected chi connectivity index (χ4v) is 6.55. The van der Waals surface area contributed by atoms with Gasteiger partial charge in [-0.05, 0) is 80.8 Å². The third kappa shape index (κ3) is 2.40. The molecule has 136 valence electrons. The average molecular weight is 351 g/mol. The lowest BCUT2D eigenvalue weighted by molar-refractivity contribution is -0.383. The van der Waals surface area contributed by atoms with Crippen LogP contribution in [0.15, 0.2) is 30.6 Å². The number of pyridine rings is 1. The zero-order valence-corrected chi connectivity index (χ0v) is 15.1. The Bertz CT molecular complexity index is 843. The second-order valence-corrected chi connectivity index (χ2v) is 8.96. The molecule has 0 spiro atoms. The Balaban J connectivity index is 1.48. The van der Waals surface area contributed by atoms with E-state index in [1.807, 2.05) is 12.1 Å². The van der Waals surface area contributed by atoms with Crippen LogP contribution in [-0.2, 0) is 0 Å². The molecule has 0 amide bonds. The van der Waals surface area contributed by atoms with Gasteiger partial charge in [0.05, 0.1) is 10.3 Å². The Hall–Kier alpha value is -2.17. The lowest BCUT2D eigenvalue weighted by Gasteiger charge is -2.59. The quantitative estimate of drug-likeness (QED) is 0.610. The SMILES string of the molecule is C[C@@H](Nc1ccc([N+](=O)[O-])c2cnccc12)C12CC3CC(CC(C3)C1)C2. The van der Waals surface area contributed by atoms with Crippen molar-refractivity contribution in [3.8, 4) is 0 Å². The Morgan fingerprint density at radius 3 is 2.38 bits per heavy atom. The van der Waals surface area contributed by atoms with Crippen molar-refractivity contribution in [2.75, 3.05) is 5.32 Å². The molecule has 4 fully saturated rings. The van der Waals surface area contributed by atoms with Crippen LogP contribution >= 0.6 is 0 Å². The van der Waals surface area contributed by atoms with E-state index in [-0.39, 0.29) is 10.6 Å². The molecule has 26 heavy (non-hydrogen) atoms. The third-order valence-electron chi connectivity index (χ3n) is 7.37. The zero-order chi connectivity index (χ0) is 17.9. The summed E-state index contributed by atoms with van der Waals surface area (Å²) in [7, 11) is 0. The number of non-ortho nitro benzene ring substituents is 1. The van der Waals surface area contributed by atoms with Gasteiger partial charge in [0.15, 0.2) is 0 Å². The van der Waals surface area contributed by atoms with E-state index < -0.39 is 0 Å². The third-order valence-corrected chi connectivity index (χ3v) is 7.37. The first-order valence-corrected chi connectivity index (χ1v) is 9.82. The molecule has 2 aromatic rings. The number of fused-ring (bicyclic) bond motifs is 1. The van der Waals surface area contributed by atoms with Gasteiger partial charge in [-0.15, -0.1) is 0 Å². The summed E-state index contributed by atoms with van der Waals surface area (Å²) in [6.45, 7) is 2.32. The molecule has 1 N–H and O–H groups in total. The minimum absolute atomic E-state index is 0.126. The number of benzene rings is 1. The van der Waals surface area contributed by atoms with Crippen molar-refractivity contribution in [1.29, 1.82) is 0 Å². The number of hydrogen-bond acceptors (Lipinski definition) is 4. The first kappa shape index (κ1) is 16.0. The zero-order valence-electron chi connectivity index (χ0n) is 15.1. The van der Waals surface area contributed by atoms with E-state index in [4.69, 9.17) is 0 Å². The van der Waals surface area contributed by atoms with Gasteiger partial charge in [-0.25, -0.2) is 0 Å². The number of rotatable bonds is 4. The Morgan fingerprint density at radius 1 is 1.12 bits per heavy atom. The van der Waals surface area contributed by atoms with Gasteiger partial charge in [-0.1, -0.05) is 0 Å². The molecule has 1 atom stereocenters. The number of hydrogen-bond donors (Lipinski definition) is 1. The predicted molar refractivity (Wildman–Crippen MR) is 102 cm³/mol. The summed E-state index contributed by atoms with van der Waals surface area (Å²) in [5.41, 5.74) is 1.52. The Kier molecular flexibility index (Phi) is 3.49. The van der Waals surface area contributed by atoms with Crippen molar-refractivity contribution in [1.82, 2.24) is 4.98 Å². The second-order valence-electron chi connectivity index (χ2n) is 8.96. The van der Waals surface area contributed by atoms with Gasteiger partial charge in [0, 0.05) is 35.6 Å². The maximum atomic E-state index is 11.3. The summed E-state index contributed by atoms with van der Waals surface area (Å²) in [5.74, 6) is 2.76. The molecule has 5 nitrogen and oxygen atoms in total. The van der Waals surface area contributed by atoms with Crippen molar-refractivity contribution in [2.24, 2.45) is 23.2 Å². The van der Waals surface area contributed by atoms with E-state index in [2.05, 4.69) is 17.2 Å². The summed E-state index contributed by atoms with van der Waals surface area (Å²) < 4.78 is 0. The summed E-state index contributed by atoms with van der Waals surface area (Å²) in [6.07, 6.45) is 11.7. The maximum absolute atomic E-state index is 11.3. The van der Waals surface area contributed by atoms with E-state index in [0.29, 0.717) is 16.8 Å². The van der Waals surface area contributed by atoms with Crippen molar-refractivity contribution in [3.05, 3.63) is 40.7 Å². The molecule has 0 unspecified atom stereocenters. The molecule has 0 radical (unpaired) electrons. The summed E-state index contributed by atoms with van der Waals surface area (Å²) in [5, 5.41) is 16.6. The van der Waals surface area contributed by atoms with Crippen LogP contribution in [0, 0.1) is 33.3 Å². The summed E-state index contributed by atoms with van der Waals surface area (Å²) in [4.78, 5) is 15.1. The molecule has 1 heterocycles. The lowest BCUT2D eigenvalue weighted by atomic mass is 9.48. The van der Waals surface area contributed by atoms with Crippen LogP contribution in [0.2, 0.25) is 0 Å². The summed E-state index contributed by atoms with van der Waals surface area (Å²) in [6, 6.07) is 5.75. The van der Waals surface area contributed by atoms with E-state index in [1.54, 1.807) is 18.5 Å². The molecule has 4 aliphatic rings. The van der Waals surface area contributed by atoms with Crippen LogP contribution in [0.5, 0.6) is 0 Å². The second kappa shape index (κ2) is 5.66. The van der Waals surface area contributed by atoms with Crippen molar-refractivity contribution < 1.29 is 4.92 Å². The average Bonchev–Trinajstić information content (AvgIpc) is 2.60.